The van der Waals surface area contributed by atoms with E-state index in [0.717, 1.165) is 23.1 Å². The lowest BCUT2D eigenvalue weighted by Crippen LogP contribution is -2.34. The van der Waals surface area contributed by atoms with Crippen LogP contribution in [0.4, 0.5) is 0 Å². The van der Waals surface area contributed by atoms with E-state index in [-0.39, 0.29) is 0 Å². The van der Waals surface area contributed by atoms with Gasteiger partial charge in [0, 0.05) is 17.7 Å². The molecule has 1 aromatic rings. The smallest absolute Gasteiger partial charge is 0.0580 e. The normalized spacial score (nSPS) is 24.0. The molecule has 1 fully saturated rings. The predicted molar refractivity (Wildman–Crippen MR) is 80.7 cm³/mol. The summed E-state index contributed by atoms with van der Waals surface area (Å²) in [6.07, 6.45) is 4.06. The summed E-state index contributed by atoms with van der Waals surface area (Å²) in [5.41, 5.74) is 2.43. The molecule has 1 aromatic carbocycles. The molecule has 0 bridgehead atoms. The molecule has 19 heavy (non-hydrogen) atoms. The molecule has 0 heterocycles. The fraction of sp³-hybridized carbons (Fsp3) is 0.625. The number of rotatable bonds is 6. The third kappa shape index (κ3) is 3.71. The van der Waals surface area contributed by atoms with Crippen LogP contribution in [0.15, 0.2) is 18.2 Å². The van der Waals surface area contributed by atoms with Crippen molar-refractivity contribution in [2.24, 2.45) is 5.92 Å². The maximum atomic E-state index is 6.22. The second-order valence-electron chi connectivity index (χ2n) is 5.50. The highest BCUT2D eigenvalue weighted by molar-refractivity contribution is 6.31. The number of hydrogen-bond donors (Lipinski definition) is 1. The van der Waals surface area contributed by atoms with Crippen LogP contribution in [0.25, 0.3) is 0 Å². The highest BCUT2D eigenvalue weighted by Gasteiger charge is 2.31. The number of benzene rings is 1. The Balaban J connectivity index is 1.92. The first kappa shape index (κ1) is 14.8. The van der Waals surface area contributed by atoms with E-state index in [2.05, 4.69) is 30.4 Å². The highest BCUT2D eigenvalue weighted by Crippen LogP contribution is 2.37. The molecule has 1 saturated carbocycles. The Kier molecular flexibility index (Phi) is 5.26. The van der Waals surface area contributed by atoms with Gasteiger partial charge in [-0.25, -0.2) is 0 Å². The topological polar surface area (TPSA) is 21.3 Å². The van der Waals surface area contributed by atoms with E-state index >= 15 is 0 Å². The molecule has 0 saturated heterocycles. The zero-order valence-corrected chi connectivity index (χ0v) is 12.8. The zero-order valence-electron chi connectivity index (χ0n) is 12.1. The van der Waals surface area contributed by atoms with Crippen LogP contribution in [-0.4, -0.2) is 19.8 Å². The van der Waals surface area contributed by atoms with Crippen molar-refractivity contribution in [3.05, 3.63) is 34.3 Å². The Labute approximate surface area is 121 Å². The van der Waals surface area contributed by atoms with Gasteiger partial charge in [0.05, 0.1) is 6.10 Å². The lowest BCUT2D eigenvalue weighted by Gasteiger charge is -2.37. The van der Waals surface area contributed by atoms with E-state index < -0.39 is 0 Å². The van der Waals surface area contributed by atoms with Gasteiger partial charge < -0.3 is 10.1 Å². The summed E-state index contributed by atoms with van der Waals surface area (Å²) in [5, 5.41) is 4.27. The third-order valence-electron chi connectivity index (χ3n) is 4.11. The summed E-state index contributed by atoms with van der Waals surface area (Å²) in [5.74, 6) is 0.772. The van der Waals surface area contributed by atoms with Crippen LogP contribution in [0.5, 0.6) is 0 Å². The van der Waals surface area contributed by atoms with Crippen molar-refractivity contribution in [1.82, 2.24) is 5.32 Å². The summed E-state index contributed by atoms with van der Waals surface area (Å²) >= 11 is 6.22. The largest absolute Gasteiger partial charge is 0.378 e. The van der Waals surface area contributed by atoms with Gasteiger partial charge >= 0.3 is 0 Å². The van der Waals surface area contributed by atoms with Crippen LogP contribution >= 0.6 is 11.6 Å². The lowest BCUT2D eigenvalue weighted by atomic mass is 9.77. The van der Waals surface area contributed by atoms with Crippen LogP contribution in [0.3, 0.4) is 0 Å². The Hall–Kier alpha value is -0.570. The summed E-state index contributed by atoms with van der Waals surface area (Å²) < 4.78 is 5.62. The highest BCUT2D eigenvalue weighted by atomic mass is 35.5. The molecule has 106 valence electrons. The molecule has 0 radical (unpaired) electrons. The summed E-state index contributed by atoms with van der Waals surface area (Å²) in [6, 6.07) is 6.77. The van der Waals surface area contributed by atoms with Crippen LogP contribution < -0.4 is 5.32 Å². The maximum Gasteiger partial charge on any atom is 0.0580 e. The Bertz CT molecular complexity index is 415. The molecule has 1 N–H and O–H groups in total. The van der Waals surface area contributed by atoms with Gasteiger partial charge in [-0.2, -0.15) is 0 Å². The first-order valence-electron chi connectivity index (χ1n) is 7.19. The van der Waals surface area contributed by atoms with Gasteiger partial charge in [-0.15, -0.1) is 0 Å². The average Bonchev–Trinajstić information content (AvgIpc) is 2.36. The molecule has 3 heteroatoms. The molecule has 0 spiro atoms. The number of halogens is 1. The first-order valence-corrected chi connectivity index (χ1v) is 7.56. The van der Waals surface area contributed by atoms with Gasteiger partial charge in [0.1, 0.15) is 0 Å². The van der Waals surface area contributed by atoms with Crippen LogP contribution in [-0.2, 0) is 4.74 Å². The Morgan fingerprint density at radius 2 is 2.16 bits per heavy atom. The zero-order chi connectivity index (χ0) is 13.8. The molecular weight excluding hydrogens is 258 g/mol. The van der Waals surface area contributed by atoms with Crippen LogP contribution in [0.1, 0.15) is 43.4 Å². The Morgan fingerprint density at radius 1 is 1.42 bits per heavy atom. The van der Waals surface area contributed by atoms with Gasteiger partial charge in [0.25, 0.3) is 0 Å². The van der Waals surface area contributed by atoms with Crippen molar-refractivity contribution >= 4 is 11.6 Å². The van der Waals surface area contributed by atoms with Crippen molar-refractivity contribution in [3.8, 4) is 0 Å². The minimum Gasteiger partial charge on any atom is -0.378 e. The number of ether oxygens (including phenoxy) is 1. The molecule has 1 unspecified atom stereocenters. The van der Waals surface area contributed by atoms with E-state index in [4.69, 9.17) is 16.3 Å². The fourth-order valence-electron chi connectivity index (χ4n) is 2.82. The van der Waals surface area contributed by atoms with Gasteiger partial charge in [-0.05, 0) is 63.3 Å². The van der Waals surface area contributed by atoms with Gasteiger partial charge in [0.15, 0.2) is 0 Å². The molecular formula is C16H24ClNO. The molecule has 0 aromatic heterocycles. The van der Waals surface area contributed by atoms with E-state index in [1.54, 1.807) is 0 Å². The minimum atomic E-state index is 0.394. The molecule has 1 aliphatic rings. The van der Waals surface area contributed by atoms with E-state index in [9.17, 15) is 0 Å². The monoisotopic (exact) mass is 281 g/mol. The van der Waals surface area contributed by atoms with E-state index in [1.165, 1.54) is 24.8 Å². The quantitative estimate of drug-likeness (QED) is 0.847. The van der Waals surface area contributed by atoms with Crippen molar-refractivity contribution in [3.63, 3.8) is 0 Å². The van der Waals surface area contributed by atoms with Crippen molar-refractivity contribution in [1.29, 1.82) is 0 Å². The molecule has 1 aliphatic carbocycles. The molecule has 2 rings (SSSR count). The number of aryl methyl sites for hydroxylation is 1. The second-order valence-corrected chi connectivity index (χ2v) is 5.91. The number of hydrogen-bond acceptors (Lipinski definition) is 2. The van der Waals surface area contributed by atoms with Gasteiger partial charge in [-0.1, -0.05) is 23.7 Å². The van der Waals surface area contributed by atoms with Gasteiger partial charge in [0.2, 0.25) is 0 Å². The fourth-order valence-corrected chi connectivity index (χ4v) is 3.01. The molecule has 0 aliphatic heterocycles. The second kappa shape index (κ2) is 6.74. The summed E-state index contributed by atoms with van der Waals surface area (Å²) in [7, 11) is 2.02. The maximum absolute atomic E-state index is 6.22. The molecule has 2 nitrogen and oxygen atoms in total. The summed E-state index contributed by atoms with van der Waals surface area (Å²) in [4.78, 5) is 0. The molecule has 0 amide bonds. The first-order chi connectivity index (χ1) is 9.13. The van der Waals surface area contributed by atoms with Crippen LogP contribution in [0, 0.1) is 12.8 Å². The van der Waals surface area contributed by atoms with Crippen molar-refractivity contribution in [2.45, 2.75) is 45.3 Å². The van der Waals surface area contributed by atoms with E-state index in [0.29, 0.717) is 12.1 Å². The van der Waals surface area contributed by atoms with Gasteiger partial charge in [-0.3, -0.25) is 0 Å². The van der Waals surface area contributed by atoms with Crippen molar-refractivity contribution in [2.75, 3.05) is 13.7 Å². The lowest BCUT2D eigenvalue weighted by molar-refractivity contribution is -0.0289. The van der Waals surface area contributed by atoms with Crippen molar-refractivity contribution < 1.29 is 4.74 Å². The predicted octanol–water partition coefficient (Wildman–Crippen LogP) is 4.11. The standard InChI is InChI=1S/C16H24ClNO/c1-4-19-14-7-12(8-14)9-16(18-3)13-6-5-11(2)15(17)10-13/h5-6,10,12,14,16,18H,4,7-9H2,1-3H3. The Morgan fingerprint density at radius 3 is 2.74 bits per heavy atom. The third-order valence-corrected chi connectivity index (χ3v) is 4.52. The average molecular weight is 282 g/mol. The molecule has 1 atom stereocenters. The minimum absolute atomic E-state index is 0.394. The number of nitrogens with one attached hydrogen (secondary N) is 1. The van der Waals surface area contributed by atoms with E-state index in [1.807, 2.05) is 14.0 Å². The SMILES string of the molecule is CCOC1CC(CC(NC)c2ccc(C)c(Cl)c2)C1. The summed E-state index contributed by atoms with van der Waals surface area (Å²) in [6.45, 7) is 4.94. The van der Waals surface area contributed by atoms with Crippen LogP contribution in [0.2, 0.25) is 5.02 Å².